The van der Waals surface area contributed by atoms with Crippen LogP contribution < -0.4 is 0 Å². The van der Waals surface area contributed by atoms with Crippen LogP contribution in [0.1, 0.15) is 13.8 Å². The number of nitrogens with zero attached hydrogens (tertiary/aromatic N) is 1. The molecule has 5 heteroatoms. The minimum atomic E-state index is -1.34. The van der Waals surface area contributed by atoms with Crippen LogP contribution in [-0.4, -0.2) is 48.2 Å². The van der Waals surface area contributed by atoms with E-state index in [-0.39, 0.29) is 5.91 Å². The molecule has 14 heavy (non-hydrogen) atoms. The number of carboxylic acid groups (broad SMARTS) is 1. The fourth-order valence-corrected chi connectivity index (χ4v) is 1.25. The number of carboxylic acids is 1. The van der Waals surface area contributed by atoms with Crippen molar-refractivity contribution in [3.05, 3.63) is 0 Å². The number of hydrogen-bond acceptors (Lipinski definition) is 3. The zero-order chi connectivity index (χ0) is 10.8. The van der Waals surface area contributed by atoms with Gasteiger partial charge in [-0.15, -0.1) is 0 Å². The number of morpholine rings is 1. The lowest BCUT2D eigenvalue weighted by molar-refractivity contribution is -0.160. The van der Waals surface area contributed by atoms with Gasteiger partial charge in [0.05, 0.1) is 13.2 Å². The van der Waals surface area contributed by atoms with Gasteiger partial charge in [-0.25, -0.2) is 0 Å². The maximum atomic E-state index is 11.8. The lowest BCUT2D eigenvalue weighted by atomic mass is 9.92. The summed E-state index contributed by atoms with van der Waals surface area (Å²) < 4.78 is 5.08. The molecule has 0 saturated carbocycles. The van der Waals surface area contributed by atoms with Crippen LogP contribution in [0.3, 0.4) is 0 Å². The van der Waals surface area contributed by atoms with E-state index in [1.807, 2.05) is 0 Å². The van der Waals surface area contributed by atoms with E-state index in [4.69, 9.17) is 9.84 Å². The summed E-state index contributed by atoms with van der Waals surface area (Å²) >= 11 is 0. The largest absolute Gasteiger partial charge is 0.480 e. The second kappa shape index (κ2) is 3.96. The molecule has 1 N–H and O–H groups in total. The quantitative estimate of drug-likeness (QED) is 0.636. The number of carbonyl (C=O) groups is 2. The van der Waals surface area contributed by atoms with E-state index < -0.39 is 11.4 Å². The van der Waals surface area contributed by atoms with Crippen LogP contribution >= 0.6 is 0 Å². The normalized spacial score (nSPS) is 18.0. The smallest absolute Gasteiger partial charge is 0.318 e. The summed E-state index contributed by atoms with van der Waals surface area (Å²) in [6.45, 7) is 4.79. The highest BCUT2D eigenvalue weighted by Crippen LogP contribution is 2.19. The van der Waals surface area contributed by atoms with Crippen LogP contribution in [0, 0.1) is 5.41 Å². The van der Waals surface area contributed by atoms with Crippen LogP contribution in [0.5, 0.6) is 0 Å². The maximum absolute atomic E-state index is 11.8. The predicted octanol–water partition coefficient (Wildman–Crippen LogP) is -0.0440. The third-order valence-electron chi connectivity index (χ3n) is 2.37. The van der Waals surface area contributed by atoms with E-state index in [0.29, 0.717) is 26.3 Å². The summed E-state index contributed by atoms with van der Waals surface area (Å²) in [5.41, 5.74) is -1.34. The molecule has 1 fully saturated rings. The first kappa shape index (κ1) is 11.0. The van der Waals surface area contributed by atoms with Gasteiger partial charge in [0.15, 0.2) is 0 Å². The average molecular weight is 201 g/mol. The van der Waals surface area contributed by atoms with Gasteiger partial charge >= 0.3 is 5.97 Å². The topological polar surface area (TPSA) is 66.8 Å². The molecule has 0 aromatic heterocycles. The molecule has 1 rings (SSSR count). The molecular weight excluding hydrogens is 186 g/mol. The molecule has 1 saturated heterocycles. The van der Waals surface area contributed by atoms with Gasteiger partial charge in [-0.05, 0) is 13.8 Å². The molecule has 0 atom stereocenters. The summed E-state index contributed by atoms with van der Waals surface area (Å²) in [7, 11) is 0. The molecule has 5 nitrogen and oxygen atoms in total. The molecule has 1 aliphatic rings. The van der Waals surface area contributed by atoms with Crippen molar-refractivity contribution in [3.8, 4) is 0 Å². The van der Waals surface area contributed by atoms with Crippen molar-refractivity contribution in [2.45, 2.75) is 13.8 Å². The molecule has 1 heterocycles. The Labute approximate surface area is 82.6 Å². The van der Waals surface area contributed by atoms with Gasteiger partial charge in [0.2, 0.25) is 5.91 Å². The summed E-state index contributed by atoms with van der Waals surface area (Å²) in [5.74, 6) is -1.43. The second-order valence-corrected chi connectivity index (χ2v) is 3.83. The fraction of sp³-hybridized carbons (Fsp3) is 0.778. The summed E-state index contributed by atoms with van der Waals surface area (Å²) in [5, 5.41) is 8.86. The van der Waals surface area contributed by atoms with Gasteiger partial charge in [0.25, 0.3) is 0 Å². The zero-order valence-corrected chi connectivity index (χ0v) is 8.45. The Morgan fingerprint density at radius 1 is 1.29 bits per heavy atom. The first-order valence-corrected chi connectivity index (χ1v) is 4.57. The van der Waals surface area contributed by atoms with Crippen LogP contribution in [0.25, 0.3) is 0 Å². The Morgan fingerprint density at radius 3 is 2.21 bits per heavy atom. The molecule has 0 bridgehead atoms. The Bertz CT molecular complexity index is 243. The highest BCUT2D eigenvalue weighted by atomic mass is 16.5. The van der Waals surface area contributed by atoms with E-state index >= 15 is 0 Å². The molecule has 80 valence electrons. The minimum Gasteiger partial charge on any atom is -0.480 e. The van der Waals surface area contributed by atoms with Crippen LogP contribution in [-0.2, 0) is 14.3 Å². The van der Waals surface area contributed by atoms with E-state index in [9.17, 15) is 9.59 Å². The van der Waals surface area contributed by atoms with Crippen molar-refractivity contribution >= 4 is 11.9 Å². The number of amides is 1. The molecular formula is C9H15NO4. The first-order valence-electron chi connectivity index (χ1n) is 4.57. The second-order valence-electron chi connectivity index (χ2n) is 3.83. The summed E-state index contributed by atoms with van der Waals surface area (Å²) in [4.78, 5) is 24.1. The van der Waals surface area contributed by atoms with Gasteiger partial charge in [0.1, 0.15) is 5.41 Å². The lowest BCUT2D eigenvalue weighted by Crippen LogP contribution is -2.49. The fourth-order valence-electron chi connectivity index (χ4n) is 1.25. The first-order chi connectivity index (χ1) is 6.46. The van der Waals surface area contributed by atoms with Crippen molar-refractivity contribution in [1.82, 2.24) is 4.90 Å². The number of hydrogen-bond donors (Lipinski definition) is 1. The summed E-state index contributed by atoms with van der Waals surface area (Å²) in [6, 6.07) is 0. The zero-order valence-electron chi connectivity index (χ0n) is 8.45. The SMILES string of the molecule is CC(C)(C(=O)O)C(=O)N1CCOCC1. The molecule has 0 aliphatic carbocycles. The number of rotatable bonds is 2. The van der Waals surface area contributed by atoms with E-state index in [1.165, 1.54) is 18.7 Å². The predicted molar refractivity (Wildman–Crippen MR) is 48.8 cm³/mol. The Hall–Kier alpha value is -1.10. The van der Waals surface area contributed by atoms with Crippen LogP contribution in [0.4, 0.5) is 0 Å². The van der Waals surface area contributed by atoms with Crippen molar-refractivity contribution < 1.29 is 19.4 Å². The van der Waals surface area contributed by atoms with Crippen LogP contribution in [0.2, 0.25) is 0 Å². The van der Waals surface area contributed by atoms with Gasteiger partial charge in [-0.2, -0.15) is 0 Å². The summed E-state index contributed by atoms with van der Waals surface area (Å²) in [6.07, 6.45) is 0. The average Bonchev–Trinajstić information content (AvgIpc) is 2.17. The molecule has 0 spiro atoms. The van der Waals surface area contributed by atoms with Gasteiger partial charge in [0, 0.05) is 13.1 Å². The number of carbonyl (C=O) groups excluding carboxylic acids is 1. The monoisotopic (exact) mass is 201 g/mol. The van der Waals surface area contributed by atoms with E-state index in [2.05, 4.69) is 0 Å². The molecule has 1 aliphatic heterocycles. The van der Waals surface area contributed by atoms with E-state index in [1.54, 1.807) is 0 Å². The number of aliphatic carboxylic acids is 1. The van der Waals surface area contributed by atoms with Gasteiger partial charge in [-0.3, -0.25) is 9.59 Å². The number of ether oxygens (including phenoxy) is 1. The minimum absolute atomic E-state index is 0.340. The van der Waals surface area contributed by atoms with E-state index in [0.717, 1.165) is 0 Å². The van der Waals surface area contributed by atoms with Gasteiger partial charge < -0.3 is 14.7 Å². The van der Waals surface area contributed by atoms with Crippen molar-refractivity contribution in [2.75, 3.05) is 26.3 Å². The highest BCUT2D eigenvalue weighted by Gasteiger charge is 2.39. The van der Waals surface area contributed by atoms with Crippen molar-refractivity contribution in [2.24, 2.45) is 5.41 Å². The third-order valence-corrected chi connectivity index (χ3v) is 2.37. The van der Waals surface area contributed by atoms with Crippen molar-refractivity contribution in [3.63, 3.8) is 0 Å². The molecule has 1 amide bonds. The standard InChI is InChI=1S/C9H15NO4/c1-9(2,8(12)13)7(11)10-3-5-14-6-4-10/h3-6H2,1-2H3,(H,12,13). The van der Waals surface area contributed by atoms with Crippen molar-refractivity contribution in [1.29, 1.82) is 0 Å². The molecule has 0 radical (unpaired) electrons. The lowest BCUT2D eigenvalue weighted by Gasteiger charge is -2.31. The molecule has 0 unspecified atom stereocenters. The highest BCUT2D eigenvalue weighted by molar-refractivity contribution is 6.00. The molecule has 0 aromatic rings. The Morgan fingerprint density at radius 2 is 1.79 bits per heavy atom. The Kier molecular flexibility index (Phi) is 3.10. The Balaban J connectivity index is 2.67. The van der Waals surface area contributed by atoms with Crippen LogP contribution in [0.15, 0.2) is 0 Å². The van der Waals surface area contributed by atoms with Gasteiger partial charge in [-0.1, -0.05) is 0 Å². The maximum Gasteiger partial charge on any atom is 0.318 e. The molecule has 0 aromatic carbocycles. The third kappa shape index (κ3) is 2.04.